The molecule has 1 spiro atoms. The Labute approximate surface area is 124 Å². The third kappa shape index (κ3) is 2.55. The highest BCUT2D eigenvalue weighted by atomic mass is 79.9. The number of hydrogen-bond donors (Lipinski definition) is 1. The van der Waals surface area contributed by atoms with Crippen LogP contribution < -0.4 is 10.2 Å². The lowest BCUT2D eigenvalue weighted by atomic mass is 9.98. The minimum absolute atomic E-state index is 0.171. The van der Waals surface area contributed by atoms with Gasteiger partial charge in [-0.05, 0) is 57.4 Å². The molecule has 2 aliphatic rings. The molecule has 0 amide bonds. The minimum Gasteiger partial charge on any atom is -0.364 e. The predicted octanol–water partition coefficient (Wildman–Crippen LogP) is 3.73. The second-order valence-corrected chi connectivity index (χ2v) is 7.85. The predicted molar refractivity (Wildman–Crippen MR) is 84.8 cm³/mol. The second-order valence-electron chi connectivity index (χ2n) is 6.93. The highest BCUT2D eigenvalue weighted by Crippen LogP contribution is 2.48. The molecule has 3 rings (SSSR count). The van der Waals surface area contributed by atoms with E-state index in [9.17, 15) is 0 Å². The Morgan fingerprint density at radius 1 is 1.21 bits per heavy atom. The van der Waals surface area contributed by atoms with E-state index in [1.54, 1.807) is 0 Å². The quantitative estimate of drug-likeness (QED) is 0.847. The molecular weight excluding hydrogens is 300 g/mol. The van der Waals surface area contributed by atoms with Crippen molar-refractivity contribution in [2.75, 3.05) is 24.5 Å². The van der Waals surface area contributed by atoms with Crippen molar-refractivity contribution in [1.29, 1.82) is 0 Å². The summed E-state index contributed by atoms with van der Waals surface area (Å²) >= 11 is 3.57. The monoisotopic (exact) mass is 322 g/mol. The molecule has 1 aliphatic carbocycles. The van der Waals surface area contributed by atoms with Crippen LogP contribution in [0.25, 0.3) is 0 Å². The molecule has 0 unspecified atom stereocenters. The average molecular weight is 323 g/mol. The Balaban J connectivity index is 1.98. The maximum atomic E-state index is 3.67. The first-order valence-corrected chi connectivity index (χ1v) is 7.96. The first-order valence-electron chi connectivity index (χ1n) is 7.17. The maximum Gasteiger partial charge on any atom is 0.0470 e. The van der Waals surface area contributed by atoms with E-state index in [1.807, 2.05) is 0 Å². The summed E-state index contributed by atoms with van der Waals surface area (Å²) in [4.78, 5) is 2.63. The molecule has 0 aromatic heterocycles. The summed E-state index contributed by atoms with van der Waals surface area (Å²) in [6.07, 6.45) is 2.75. The van der Waals surface area contributed by atoms with Crippen LogP contribution in [0.3, 0.4) is 0 Å². The van der Waals surface area contributed by atoms with Gasteiger partial charge in [-0.1, -0.05) is 15.9 Å². The molecule has 1 heterocycles. The fourth-order valence-corrected chi connectivity index (χ4v) is 3.65. The van der Waals surface area contributed by atoms with Crippen molar-refractivity contribution in [3.8, 4) is 0 Å². The van der Waals surface area contributed by atoms with Crippen LogP contribution in [-0.2, 0) is 0 Å². The van der Waals surface area contributed by atoms with Crippen LogP contribution in [0.15, 0.2) is 22.7 Å². The molecule has 1 saturated carbocycles. The highest BCUT2D eigenvalue weighted by Gasteiger charge is 2.48. The van der Waals surface area contributed by atoms with Crippen LogP contribution in [0.1, 0.15) is 32.3 Å². The van der Waals surface area contributed by atoms with Crippen molar-refractivity contribution in [3.05, 3.63) is 28.2 Å². The van der Waals surface area contributed by atoms with Gasteiger partial charge in [-0.3, -0.25) is 0 Å². The van der Waals surface area contributed by atoms with E-state index in [0.717, 1.165) is 6.54 Å². The summed E-state index contributed by atoms with van der Waals surface area (Å²) in [5.74, 6) is 0. The van der Waals surface area contributed by atoms with E-state index in [1.165, 1.54) is 41.7 Å². The van der Waals surface area contributed by atoms with Crippen molar-refractivity contribution in [1.82, 2.24) is 5.32 Å². The number of rotatable bonds is 1. The van der Waals surface area contributed by atoms with Crippen LogP contribution in [0.5, 0.6) is 0 Å². The molecule has 19 heavy (non-hydrogen) atoms. The zero-order chi connectivity index (χ0) is 13.7. The van der Waals surface area contributed by atoms with E-state index < -0.39 is 0 Å². The van der Waals surface area contributed by atoms with E-state index in [2.05, 4.69) is 65.1 Å². The Morgan fingerprint density at radius 2 is 1.95 bits per heavy atom. The zero-order valence-electron chi connectivity index (χ0n) is 12.1. The molecule has 1 aliphatic heterocycles. The molecule has 0 atom stereocenters. The number of benzene rings is 1. The van der Waals surface area contributed by atoms with E-state index >= 15 is 0 Å². The molecule has 0 radical (unpaired) electrons. The summed E-state index contributed by atoms with van der Waals surface area (Å²) in [6, 6.07) is 6.65. The largest absolute Gasteiger partial charge is 0.364 e. The van der Waals surface area contributed by atoms with Crippen LogP contribution in [0, 0.1) is 12.3 Å². The number of halogens is 1. The van der Waals surface area contributed by atoms with E-state index in [0.29, 0.717) is 5.41 Å². The molecule has 1 aromatic rings. The van der Waals surface area contributed by atoms with Crippen LogP contribution in [0.4, 0.5) is 5.69 Å². The van der Waals surface area contributed by atoms with Gasteiger partial charge in [0, 0.05) is 40.7 Å². The molecule has 0 bridgehead atoms. The topological polar surface area (TPSA) is 15.3 Å². The van der Waals surface area contributed by atoms with Gasteiger partial charge in [0.15, 0.2) is 0 Å². The van der Waals surface area contributed by atoms with E-state index in [4.69, 9.17) is 0 Å². The van der Waals surface area contributed by atoms with Gasteiger partial charge >= 0.3 is 0 Å². The number of aryl methyl sites for hydroxylation is 1. The number of hydrogen-bond acceptors (Lipinski definition) is 2. The zero-order valence-corrected chi connectivity index (χ0v) is 13.7. The molecular formula is C16H23BrN2. The lowest BCUT2D eigenvalue weighted by molar-refractivity contribution is 0.455. The van der Waals surface area contributed by atoms with Crippen LogP contribution >= 0.6 is 15.9 Å². The standard InChI is InChI=1S/C16H23BrN2/c1-12-8-13(17)4-5-14(12)19-11-16(6-7-16)10-18-9-15(19,2)3/h4-5,8,18H,6-7,9-11H2,1-3H3. The van der Waals surface area contributed by atoms with Gasteiger partial charge in [-0.25, -0.2) is 0 Å². The molecule has 104 valence electrons. The van der Waals surface area contributed by atoms with Gasteiger partial charge in [-0.15, -0.1) is 0 Å². The highest BCUT2D eigenvalue weighted by molar-refractivity contribution is 9.10. The molecule has 1 aromatic carbocycles. The van der Waals surface area contributed by atoms with Gasteiger partial charge in [0.05, 0.1) is 0 Å². The van der Waals surface area contributed by atoms with Crippen molar-refractivity contribution in [2.24, 2.45) is 5.41 Å². The Morgan fingerprint density at radius 3 is 2.58 bits per heavy atom. The fourth-order valence-electron chi connectivity index (χ4n) is 3.18. The van der Waals surface area contributed by atoms with Crippen LogP contribution in [0.2, 0.25) is 0 Å². The molecule has 1 saturated heterocycles. The summed E-state index contributed by atoms with van der Waals surface area (Å²) in [6.45, 7) is 10.3. The minimum atomic E-state index is 0.171. The van der Waals surface area contributed by atoms with Crippen molar-refractivity contribution in [3.63, 3.8) is 0 Å². The molecule has 2 fully saturated rings. The first kappa shape index (κ1) is 13.4. The van der Waals surface area contributed by atoms with Gasteiger partial charge in [-0.2, -0.15) is 0 Å². The third-order valence-electron chi connectivity index (χ3n) is 4.69. The SMILES string of the molecule is Cc1cc(Br)ccc1N1CC2(CC2)CNCC1(C)C. The second kappa shape index (κ2) is 4.49. The molecule has 3 heteroatoms. The smallest absolute Gasteiger partial charge is 0.0470 e. The maximum absolute atomic E-state index is 3.67. The Kier molecular flexibility index (Phi) is 3.18. The number of anilines is 1. The Bertz CT molecular complexity index is 492. The fraction of sp³-hybridized carbons (Fsp3) is 0.625. The summed E-state index contributed by atoms with van der Waals surface area (Å²) in [5.41, 5.74) is 3.46. The number of nitrogens with one attached hydrogen (secondary N) is 1. The lowest BCUT2D eigenvalue weighted by Gasteiger charge is -2.41. The van der Waals surface area contributed by atoms with Crippen molar-refractivity contribution >= 4 is 21.6 Å². The van der Waals surface area contributed by atoms with Crippen LogP contribution in [-0.4, -0.2) is 25.2 Å². The van der Waals surface area contributed by atoms with Crippen molar-refractivity contribution < 1.29 is 0 Å². The first-order chi connectivity index (χ1) is 8.92. The molecule has 1 N–H and O–H groups in total. The van der Waals surface area contributed by atoms with Gasteiger partial charge in [0.2, 0.25) is 0 Å². The van der Waals surface area contributed by atoms with Gasteiger partial charge in [0.1, 0.15) is 0 Å². The Hall–Kier alpha value is -0.540. The van der Waals surface area contributed by atoms with E-state index in [-0.39, 0.29) is 5.54 Å². The average Bonchev–Trinajstić information content (AvgIpc) is 3.08. The summed E-state index contributed by atoms with van der Waals surface area (Å²) in [7, 11) is 0. The summed E-state index contributed by atoms with van der Waals surface area (Å²) in [5, 5.41) is 3.67. The lowest BCUT2D eigenvalue weighted by Crippen LogP contribution is -2.49. The van der Waals surface area contributed by atoms with Gasteiger partial charge < -0.3 is 10.2 Å². The summed E-state index contributed by atoms with van der Waals surface area (Å²) < 4.78 is 1.17. The van der Waals surface area contributed by atoms with Gasteiger partial charge in [0.25, 0.3) is 0 Å². The van der Waals surface area contributed by atoms with Crippen molar-refractivity contribution in [2.45, 2.75) is 39.2 Å². The normalized spacial score (nSPS) is 24.3. The third-order valence-corrected chi connectivity index (χ3v) is 5.18. The number of nitrogens with zero attached hydrogens (tertiary/aromatic N) is 1. The molecule has 2 nitrogen and oxygen atoms in total.